The van der Waals surface area contributed by atoms with Gasteiger partial charge in [0.25, 0.3) is 0 Å². The Morgan fingerprint density at radius 3 is 2.30 bits per heavy atom. The Morgan fingerprint density at radius 1 is 1.09 bits per heavy atom. The van der Waals surface area contributed by atoms with E-state index in [4.69, 9.17) is 14.2 Å². The van der Waals surface area contributed by atoms with Gasteiger partial charge in [-0.15, -0.1) is 0 Å². The van der Waals surface area contributed by atoms with Crippen molar-refractivity contribution >= 4 is 11.9 Å². The summed E-state index contributed by atoms with van der Waals surface area (Å²) in [7, 11) is 1.62. The third-order valence-electron chi connectivity index (χ3n) is 3.21. The minimum absolute atomic E-state index is 0.0325. The third kappa shape index (κ3) is 7.15. The van der Waals surface area contributed by atoms with E-state index < -0.39 is 18.0 Å². The Labute approximate surface area is 137 Å². The maximum Gasteiger partial charge on any atom is 0.323 e. The predicted molar refractivity (Wildman–Crippen MR) is 86.4 cm³/mol. The molecule has 1 N–H and O–H groups in total. The van der Waals surface area contributed by atoms with E-state index in [1.165, 1.54) is 0 Å². The summed E-state index contributed by atoms with van der Waals surface area (Å²) in [6.07, 6.45) is 0.692. The van der Waals surface area contributed by atoms with Crippen LogP contribution >= 0.6 is 0 Å². The van der Waals surface area contributed by atoms with Crippen molar-refractivity contribution in [2.24, 2.45) is 0 Å². The van der Waals surface area contributed by atoms with Crippen LogP contribution in [0.25, 0.3) is 0 Å². The monoisotopic (exact) mass is 323 g/mol. The topological polar surface area (TPSA) is 73.9 Å². The van der Waals surface area contributed by atoms with Crippen molar-refractivity contribution in [3.8, 4) is 5.75 Å². The van der Waals surface area contributed by atoms with Gasteiger partial charge < -0.3 is 19.5 Å². The highest BCUT2D eigenvalue weighted by Gasteiger charge is 2.23. The van der Waals surface area contributed by atoms with Gasteiger partial charge in [0, 0.05) is 0 Å². The quantitative estimate of drug-likeness (QED) is 0.661. The summed E-state index contributed by atoms with van der Waals surface area (Å²) in [5.74, 6) is -0.0498. The summed E-state index contributed by atoms with van der Waals surface area (Å²) in [6, 6.07) is 7.01. The number of ether oxygens (including phenoxy) is 3. The molecule has 0 aromatic heterocycles. The molecule has 0 spiro atoms. The van der Waals surface area contributed by atoms with Gasteiger partial charge in [-0.05, 0) is 44.5 Å². The number of hydrogen-bond acceptors (Lipinski definition) is 6. The number of benzene rings is 1. The van der Waals surface area contributed by atoms with E-state index in [1.807, 2.05) is 24.3 Å². The number of methoxy groups -OCH3 is 1. The Kier molecular flexibility index (Phi) is 8.75. The molecule has 0 saturated carbocycles. The molecule has 1 aromatic carbocycles. The van der Waals surface area contributed by atoms with Crippen LogP contribution in [0.4, 0.5) is 0 Å². The smallest absolute Gasteiger partial charge is 0.323 e. The fourth-order valence-electron chi connectivity index (χ4n) is 2.05. The SMILES string of the molecule is CCOC(=O)CC(NCCc1ccc(OC)cc1)C(=O)OCC. The predicted octanol–water partition coefficient (Wildman–Crippen LogP) is 1.71. The summed E-state index contributed by atoms with van der Waals surface area (Å²) in [4.78, 5) is 23.5. The molecule has 6 heteroatoms. The average molecular weight is 323 g/mol. The molecule has 0 heterocycles. The Bertz CT molecular complexity index is 486. The number of carbonyl (C=O) groups excluding carboxylic acids is 2. The standard InChI is InChI=1S/C17H25NO5/c1-4-22-16(19)12-15(17(20)23-5-2)18-11-10-13-6-8-14(21-3)9-7-13/h6-9,15,18H,4-5,10-12H2,1-3H3. The van der Waals surface area contributed by atoms with E-state index in [9.17, 15) is 9.59 Å². The Morgan fingerprint density at radius 2 is 1.74 bits per heavy atom. The van der Waals surface area contributed by atoms with Crippen LogP contribution in [0.1, 0.15) is 25.8 Å². The van der Waals surface area contributed by atoms with Crippen LogP contribution in [0.3, 0.4) is 0 Å². The molecule has 1 atom stereocenters. The summed E-state index contributed by atoms with van der Waals surface area (Å²) in [5, 5.41) is 3.06. The van der Waals surface area contributed by atoms with Crippen LogP contribution in [0.5, 0.6) is 5.75 Å². The van der Waals surface area contributed by atoms with Crippen molar-refractivity contribution in [3.63, 3.8) is 0 Å². The maximum absolute atomic E-state index is 11.9. The second kappa shape index (κ2) is 10.6. The molecule has 1 unspecified atom stereocenters. The summed E-state index contributed by atoms with van der Waals surface area (Å²) >= 11 is 0. The van der Waals surface area contributed by atoms with Crippen LogP contribution < -0.4 is 10.1 Å². The van der Waals surface area contributed by atoms with Crippen LogP contribution in [0.15, 0.2) is 24.3 Å². The van der Waals surface area contributed by atoms with Gasteiger partial charge in [0.15, 0.2) is 0 Å². The van der Waals surface area contributed by atoms with Gasteiger partial charge in [-0.1, -0.05) is 12.1 Å². The van der Waals surface area contributed by atoms with Gasteiger partial charge >= 0.3 is 11.9 Å². The van der Waals surface area contributed by atoms with Gasteiger partial charge in [-0.3, -0.25) is 9.59 Å². The van der Waals surface area contributed by atoms with E-state index in [1.54, 1.807) is 21.0 Å². The summed E-state index contributed by atoms with van der Waals surface area (Å²) in [6.45, 7) is 4.58. The first kappa shape index (κ1) is 19.0. The van der Waals surface area contributed by atoms with Crippen molar-refractivity contribution < 1.29 is 23.8 Å². The lowest BCUT2D eigenvalue weighted by Gasteiger charge is -2.16. The molecule has 0 fully saturated rings. The second-order valence-corrected chi connectivity index (χ2v) is 4.87. The molecule has 23 heavy (non-hydrogen) atoms. The molecule has 0 bridgehead atoms. The Balaban J connectivity index is 2.51. The van der Waals surface area contributed by atoms with Crippen LogP contribution in [-0.2, 0) is 25.5 Å². The lowest BCUT2D eigenvalue weighted by molar-refractivity contribution is -0.152. The van der Waals surface area contributed by atoms with Gasteiger partial charge in [-0.2, -0.15) is 0 Å². The second-order valence-electron chi connectivity index (χ2n) is 4.87. The molecular formula is C17H25NO5. The largest absolute Gasteiger partial charge is 0.497 e. The molecule has 0 aliphatic heterocycles. The van der Waals surface area contributed by atoms with Crippen molar-refractivity contribution in [3.05, 3.63) is 29.8 Å². The van der Waals surface area contributed by atoms with Crippen LogP contribution in [0.2, 0.25) is 0 Å². The van der Waals surface area contributed by atoms with Crippen LogP contribution in [-0.4, -0.2) is 44.8 Å². The van der Waals surface area contributed by atoms with Gasteiger partial charge in [0.05, 0.1) is 26.7 Å². The number of rotatable bonds is 10. The van der Waals surface area contributed by atoms with E-state index in [0.29, 0.717) is 13.2 Å². The lowest BCUT2D eigenvalue weighted by Crippen LogP contribution is -2.41. The average Bonchev–Trinajstić information content (AvgIpc) is 2.55. The minimum Gasteiger partial charge on any atom is -0.497 e. The van der Waals surface area contributed by atoms with E-state index in [-0.39, 0.29) is 13.0 Å². The number of esters is 2. The van der Waals surface area contributed by atoms with Crippen LogP contribution in [0, 0.1) is 0 Å². The third-order valence-corrected chi connectivity index (χ3v) is 3.21. The molecular weight excluding hydrogens is 298 g/mol. The maximum atomic E-state index is 11.9. The number of hydrogen-bond donors (Lipinski definition) is 1. The number of nitrogens with one attached hydrogen (secondary N) is 1. The zero-order valence-electron chi connectivity index (χ0n) is 14.0. The fraction of sp³-hybridized carbons (Fsp3) is 0.529. The van der Waals surface area contributed by atoms with Gasteiger partial charge in [0.1, 0.15) is 11.8 Å². The summed E-state index contributed by atoms with van der Waals surface area (Å²) in [5.41, 5.74) is 1.11. The van der Waals surface area contributed by atoms with Crippen molar-refractivity contribution in [1.82, 2.24) is 5.32 Å². The highest BCUT2D eigenvalue weighted by Crippen LogP contribution is 2.11. The van der Waals surface area contributed by atoms with Crippen molar-refractivity contribution in [2.75, 3.05) is 26.9 Å². The molecule has 0 aliphatic carbocycles. The number of carbonyl (C=O) groups is 2. The lowest BCUT2D eigenvalue weighted by atomic mass is 10.1. The Hall–Kier alpha value is -2.08. The molecule has 0 aliphatic rings. The van der Waals surface area contributed by atoms with Crippen molar-refractivity contribution in [2.45, 2.75) is 32.7 Å². The van der Waals surface area contributed by atoms with Crippen molar-refractivity contribution in [1.29, 1.82) is 0 Å². The first-order valence-corrected chi connectivity index (χ1v) is 7.79. The van der Waals surface area contributed by atoms with E-state index in [2.05, 4.69) is 5.32 Å². The molecule has 0 radical (unpaired) electrons. The zero-order chi connectivity index (χ0) is 17.1. The molecule has 6 nitrogen and oxygen atoms in total. The molecule has 0 saturated heterocycles. The highest BCUT2D eigenvalue weighted by atomic mass is 16.5. The first-order valence-electron chi connectivity index (χ1n) is 7.79. The summed E-state index contributed by atoms with van der Waals surface area (Å²) < 4.78 is 15.0. The van der Waals surface area contributed by atoms with E-state index >= 15 is 0 Å². The highest BCUT2D eigenvalue weighted by molar-refractivity contribution is 5.82. The van der Waals surface area contributed by atoms with Gasteiger partial charge in [-0.25, -0.2) is 0 Å². The molecule has 1 rings (SSSR count). The first-order chi connectivity index (χ1) is 11.1. The van der Waals surface area contributed by atoms with E-state index in [0.717, 1.165) is 17.7 Å². The molecule has 0 amide bonds. The zero-order valence-corrected chi connectivity index (χ0v) is 14.0. The van der Waals surface area contributed by atoms with Gasteiger partial charge in [0.2, 0.25) is 0 Å². The molecule has 1 aromatic rings. The fourth-order valence-corrected chi connectivity index (χ4v) is 2.05. The normalized spacial score (nSPS) is 11.6. The molecule has 128 valence electrons. The minimum atomic E-state index is -0.688.